The first-order chi connectivity index (χ1) is 8.22. The monoisotopic (exact) mass is 251 g/mol. The van der Waals surface area contributed by atoms with Crippen LogP contribution in [0.25, 0.3) is 0 Å². The maximum atomic E-state index is 5.69. The average molecular weight is 251 g/mol. The van der Waals surface area contributed by atoms with Crippen LogP contribution in [-0.4, -0.2) is 29.2 Å². The highest BCUT2D eigenvalue weighted by molar-refractivity contribution is 7.80. The molecule has 2 unspecified atom stereocenters. The van der Waals surface area contributed by atoms with Crippen molar-refractivity contribution < 1.29 is 4.74 Å². The number of pyridine rings is 1. The lowest BCUT2D eigenvalue weighted by Crippen LogP contribution is -2.30. The second-order valence-corrected chi connectivity index (χ2v) is 4.68. The molecule has 1 aliphatic rings. The molecule has 1 heterocycles. The molecule has 0 aliphatic heterocycles. The SMILES string of the molecule is COC1CCCC1Nc1cnccc1C(N)=S. The molecule has 0 radical (unpaired) electrons. The maximum absolute atomic E-state index is 5.69. The molecule has 1 fully saturated rings. The molecule has 92 valence electrons. The fourth-order valence-electron chi connectivity index (χ4n) is 2.30. The molecule has 1 aliphatic carbocycles. The second kappa shape index (κ2) is 5.42. The van der Waals surface area contributed by atoms with Crippen LogP contribution in [0.2, 0.25) is 0 Å². The topological polar surface area (TPSA) is 60.2 Å². The number of hydrogen-bond acceptors (Lipinski definition) is 4. The Balaban J connectivity index is 2.15. The lowest BCUT2D eigenvalue weighted by molar-refractivity contribution is 0.101. The minimum absolute atomic E-state index is 0.259. The number of methoxy groups -OCH3 is 1. The van der Waals surface area contributed by atoms with Crippen molar-refractivity contribution in [3.05, 3.63) is 24.0 Å². The third kappa shape index (κ3) is 2.73. The molecule has 0 amide bonds. The zero-order valence-corrected chi connectivity index (χ0v) is 10.7. The van der Waals surface area contributed by atoms with E-state index in [1.165, 1.54) is 6.42 Å². The third-order valence-corrected chi connectivity index (χ3v) is 3.40. The average Bonchev–Trinajstić information content (AvgIpc) is 2.77. The number of ether oxygens (including phenoxy) is 1. The summed E-state index contributed by atoms with van der Waals surface area (Å²) >= 11 is 5.03. The van der Waals surface area contributed by atoms with E-state index in [9.17, 15) is 0 Å². The molecule has 0 aromatic carbocycles. The van der Waals surface area contributed by atoms with Gasteiger partial charge in [0.2, 0.25) is 0 Å². The Kier molecular flexibility index (Phi) is 3.91. The molecule has 17 heavy (non-hydrogen) atoms. The molecular weight excluding hydrogens is 234 g/mol. The number of nitrogens with two attached hydrogens (primary N) is 1. The van der Waals surface area contributed by atoms with Crippen molar-refractivity contribution in [2.24, 2.45) is 5.73 Å². The fraction of sp³-hybridized carbons (Fsp3) is 0.500. The van der Waals surface area contributed by atoms with Gasteiger partial charge >= 0.3 is 0 Å². The van der Waals surface area contributed by atoms with E-state index in [-0.39, 0.29) is 6.10 Å². The number of rotatable bonds is 4. The van der Waals surface area contributed by atoms with Crippen LogP contribution in [0.1, 0.15) is 24.8 Å². The van der Waals surface area contributed by atoms with Crippen molar-refractivity contribution in [1.82, 2.24) is 4.98 Å². The summed E-state index contributed by atoms with van der Waals surface area (Å²) in [5.41, 5.74) is 7.43. The van der Waals surface area contributed by atoms with Crippen LogP contribution >= 0.6 is 12.2 Å². The van der Waals surface area contributed by atoms with Gasteiger partial charge in [0, 0.05) is 18.9 Å². The van der Waals surface area contributed by atoms with E-state index in [1.54, 1.807) is 19.5 Å². The minimum Gasteiger partial charge on any atom is -0.389 e. The van der Waals surface area contributed by atoms with E-state index in [1.807, 2.05) is 6.07 Å². The van der Waals surface area contributed by atoms with Gasteiger partial charge in [-0.1, -0.05) is 12.2 Å². The summed E-state index contributed by atoms with van der Waals surface area (Å²) in [6.45, 7) is 0. The molecule has 0 saturated heterocycles. The summed E-state index contributed by atoms with van der Waals surface area (Å²) in [4.78, 5) is 4.49. The zero-order chi connectivity index (χ0) is 12.3. The van der Waals surface area contributed by atoms with Crippen molar-refractivity contribution in [2.45, 2.75) is 31.4 Å². The predicted octanol–water partition coefficient (Wildman–Crippen LogP) is 1.70. The third-order valence-electron chi connectivity index (χ3n) is 3.18. The summed E-state index contributed by atoms with van der Waals surface area (Å²) in [6.07, 6.45) is 7.09. The van der Waals surface area contributed by atoms with Crippen molar-refractivity contribution in [3.8, 4) is 0 Å². The molecule has 1 aromatic heterocycles. The first-order valence-electron chi connectivity index (χ1n) is 5.75. The summed E-state index contributed by atoms with van der Waals surface area (Å²) in [5, 5.41) is 3.44. The van der Waals surface area contributed by atoms with E-state index in [0.717, 1.165) is 24.1 Å². The van der Waals surface area contributed by atoms with E-state index in [2.05, 4.69) is 10.3 Å². The summed E-state index contributed by atoms with van der Waals surface area (Å²) < 4.78 is 5.45. The quantitative estimate of drug-likeness (QED) is 0.798. The van der Waals surface area contributed by atoms with Crippen LogP contribution in [0.3, 0.4) is 0 Å². The summed E-state index contributed by atoms with van der Waals surface area (Å²) in [7, 11) is 1.75. The van der Waals surface area contributed by atoms with Gasteiger partial charge in [-0.15, -0.1) is 0 Å². The highest BCUT2D eigenvalue weighted by atomic mass is 32.1. The van der Waals surface area contributed by atoms with Crippen LogP contribution in [0, 0.1) is 0 Å². The lowest BCUT2D eigenvalue weighted by atomic mass is 10.1. The summed E-state index contributed by atoms with van der Waals surface area (Å²) in [6, 6.07) is 2.15. The molecule has 1 saturated carbocycles. The van der Waals surface area contributed by atoms with Crippen LogP contribution in [-0.2, 0) is 4.74 Å². The van der Waals surface area contributed by atoms with E-state index in [4.69, 9.17) is 22.7 Å². The molecule has 0 bridgehead atoms. The molecular formula is C12H17N3OS. The Bertz CT molecular complexity index is 410. The molecule has 2 rings (SSSR count). The summed E-state index contributed by atoms with van der Waals surface area (Å²) in [5.74, 6) is 0. The Morgan fingerprint density at radius 2 is 2.41 bits per heavy atom. The maximum Gasteiger partial charge on any atom is 0.106 e. The van der Waals surface area contributed by atoms with Crippen LogP contribution < -0.4 is 11.1 Å². The van der Waals surface area contributed by atoms with Crippen molar-refractivity contribution in [2.75, 3.05) is 12.4 Å². The van der Waals surface area contributed by atoms with Crippen LogP contribution in [0.15, 0.2) is 18.5 Å². The minimum atomic E-state index is 0.259. The molecule has 4 nitrogen and oxygen atoms in total. The highest BCUT2D eigenvalue weighted by Crippen LogP contribution is 2.26. The van der Waals surface area contributed by atoms with Crippen LogP contribution in [0.5, 0.6) is 0 Å². The molecule has 2 atom stereocenters. The standard InChI is InChI=1S/C12H17N3OS/c1-16-11-4-2-3-9(11)15-10-7-14-6-5-8(10)12(13)17/h5-7,9,11,15H,2-4H2,1H3,(H2,13,17). The van der Waals surface area contributed by atoms with Gasteiger partial charge in [-0.25, -0.2) is 0 Å². The lowest BCUT2D eigenvalue weighted by Gasteiger charge is -2.21. The van der Waals surface area contributed by atoms with Gasteiger partial charge in [0.05, 0.1) is 24.0 Å². The smallest absolute Gasteiger partial charge is 0.106 e. The van der Waals surface area contributed by atoms with Gasteiger partial charge in [-0.3, -0.25) is 4.98 Å². The normalized spacial score (nSPS) is 23.6. The first-order valence-corrected chi connectivity index (χ1v) is 6.16. The van der Waals surface area contributed by atoms with Gasteiger partial charge in [-0.05, 0) is 25.3 Å². The van der Waals surface area contributed by atoms with E-state index < -0.39 is 0 Å². The Hall–Kier alpha value is -1.20. The zero-order valence-electron chi connectivity index (χ0n) is 9.85. The first kappa shape index (κ1) is 12.3. The molecule has 0 spiro atoms. The van der Waals surface area contributed by atoms with E-state index >= 15 is 0 Å². The molecule has 5 heteroatoms. The molecule has 1 aromatic rings. The van der Waals surface area contributed by atoms with Gasteiger partial charge in [0.1, 0.15) is 4.99 Å². The fourth-order valence-corrected chi connectivity index (χ4v) is 2.48. The number of aromatic nitrogens is 1. The highest BCUT2D eigenvalue weighted by Gasteiger charge is 2.27. The Labute approximate surface area is 107 Å². The Morgan fingerprint density at radius 3 is 3.12 bits per heavy atom. The number of thiocarbonyl (C=S) groups is 1. The van der Waals surface area contributed by atoms with Crippen molar-refractivity contribution in [1.29, 1.82) is 0 Å². The van der Waals surface area contributed by atoms with Gasteiger partial charge in [-0.2, -0.15) is 0 Å². The van der Waals surface area contributed by atoms with Crippen LogP contribution in [0.4, 0.5) is 5.69 Å². The molecule has 3 N–H and O–H groups in total. The van der Waals surface area contributed by atoms with E-state index in [0.29, 0.717) is 11.0 Å². The van der Waals surface area contributed by atoms with Gasteiger partial charge < -0.3 is 15.8 Å². The van der Waals surface area contributed by atoms with Crippen molar-refractivity contribution >= 4 is 22.9 Å². The number of hydrogen-bond donors (Lipinski definition) is 2. The largest absolute Gasteiger partial charge is 0.389 e. The number of nitrogens with one attached hydrogen (secondary N) is 1. The van der Waals surface area contributed by atoms with Gasteiger partial charge in [0.15, 0.2) is 0 Å². The number of nitrogens with zero attached hydrogens (tertiary/aromatic N) is 1. The van der Waals surface area contributed by atoms with Crippen molar-refractivity contribution in [3.63, 3.8) is 0 Å². The predicted molar refractivity (Wildman–Crippen MR) is 72.2 cm³/mol. The van der Waals surface area contributed by atoms with Gasteiger partial charge in [0.25, 0.3) is 0 Å². The number of anilines is 1. The Morgan fingerprint density at radius 1 is 1.59 bits per heavy atom. The second-order valence-electron chi connectivity index (χ2n) is 4.24.